The molecule has 2 aromatic rings. The SMILES string of the molecule is COc1cc(C=O)ccc1O.COc1cc(C=O)ccc1O.O=NO.[Er].[OH3+].[OH3+].[OH3+]. The summed E-state index contributed by atoms with van der Waals surface area (Å²) in [7, 11) is 2.87. The first-order valence-electron chi connectivity index (χ1n) is 6.58. The van der Waals surface area contributed by atoms with Gasteiger partial charge >= 0.3 is 0 Å². The Bertz CT molecular complexity index is 656. The van der Waals surface area contributed by atoms with E-state index < -0.39 is 0 Å². The number of ether oxygens (including phenoxy) is 2. The molecule has 0 saturated heterocycles. The molecule has 0 bridgehead atoms. The van der Waals surface area contributed by atoms with Crippen LogP contribution in [0.4, 0.5) is 0 Å². The van der Waals surface area contributed by atoms with Crippen LogP contribution in [0.15, 0.2) is 41.7 Å². The first-order valence-corrected chi connectivity index (χ1v) is 6.58. The summed E-state index contributed by atoms with van der Waals surface area (Å²) in [5.74, 6) is 0.709. The number of carbonyl (C=O) groups excluding carboxylic acids is 2. The van der Waals surface area contributed by atoms with Gasteiger partial charge in [-0.25, -0.2) is 0 Å². The summed E-state index contributed by atoms with van der Waals surface area (Å²) >= 11 is 0. The minimum atomic E-state index is 0. The average molecular weight is 576 g/mol. The number of carbonyl (C=O) groups is 2. The zero-order chi connectivity index (χ0) is 19.2. The summed E-state index contributed by atoms with van der Waals surface area (Å²) < 4.78 is 9.56. The Morgan fingerprint density at radius 3 is 1.28 bits per heavy atom. The van der Waals surface area contributed by atoms with Gasteiger partial charge in [0.25, 0.3) is 0 Å². The van der Waals surface area contributed by atoms with E-state index in [9.17, 15) is 9.59 Å². The molecule has 0 aliphatic rings. The van der Waals surface area contributed by atoms with Crippen LogP contribution in [0.1, 0.15) is 20.7 Å². The van der Waals surface area contributed by atoms with Crippen molar-refractivity contribution in [3.05, 3.63) is 52.4 Å². The maximum absolute atomic E-state index is 10.2. The van der Waals surface area contributed by atoms with E-state index in [0.29, 0.717) is 35.2 Å². The summed E-state index contributed by atoms with van der Waals surface area (Å²) in [6, 6.07) is 8.82. The number of phenols is 2. The smallest absolute Gasteiger partial charge is 0.161 e. The van der Waals surface area contributed by atoms with Gasteiger partial charge in [0.15, 0.2) is 28.3 Å². The molecule has 13 heteroatoms. The van der Waals surface area contributed by atoms with E-state index in [1.54, 1.807) is 0 Å². The molecule has 0 spiro atoms. The number of nitrogens with zero attached hydrogens (tertiary/aromatic N) is 1. The van der Waals surface area contributed by atoms with Crippen LogP contribution in [0.25, 0.3) is 0 Å². The summed E-state index contributed by atoms with van der Waals surface area (Å²) in [4.78, 5) is 28.6. The van der Waals surface area contributed by atoms with Crippen molar-refractivity contribution < 1.29 is 88.2 Å². The number of aromatic hydroxyl groups is 2. The number of hydrogen-bond donors (Lipinski definition) is 3. The fraction of sp³-hybridized carbons (Fsp3) is 0.125. The molecule has 0 unspecified atom stereocenters. The van der Waals surface area contributed by atoms with Crippen molar-refractivity contribution in [3.63, 3.8) is 0 Å². The van der Waals surface area contributed by atoms with E-state index in [2.05, 4.69) is 0 Å². The van der Waals surface area contributed by atoms with Crippen LogP contribution in [0.2, 0.25) is 0 Å². The fourth-order valence-corrected chi connectivity index (χ4v) is 1.54. The van der Waals surface area contributed by atoms with Gasteiger partial charge in [-0.05, 0) is 36.4 Å². The number of aldehydes is 2. The van der Waals surface area contributed by atoms with E-state index in [-0.39, 0.29) is 65.2 Å². The molecule has 0 radical (unpaired) electrons. The maximum atomic E-state index is 10.2. The summed E-state index contributed by atoms with van der Waals surface area (Å²) in [6.07, 6.45) is 1.39. The third kappa shape index (κ3) is 14.2. The van der Waals surface area contributed by atoms with Crippen LogP contribution in [0, 0.1) is 42.2 Å². The minimum absolute atomic E-state index is 0. The number of phenolic OH excluding ortho intramolecular Hbond substituents is 2. The fourth-order valence-electron chi connectivity index (χ4n) is 1.54. The largest absolute Gasteiger partial charge is 0.504 e. The molecule has 0 aliphatic carbocycles. The van der Waals surface area contributed by atoms with Crippen molar-refractivity contribution in [1.82, 2.24) is 0 Å². The van der Waals surface area contributed by atoms with Crippen LogP contribution in [0.5, 0.6) is 23.0 Å². The van der Waals surface area contributed by atoms with E-state index in [4.69, 9.17) is 29.8 Å². The number of benzene rings is 2. The Hall–Kier alpha value is -2.49. The predicted molar refractivity (Wildman–Crippen MR) is 102 cm³/mol. The van der Waals surface area contributed by atoms with Gasteiger partial charge in [0.2, 0.25) is 0 Å². The second-order valence-corrected chi connectivity index (χ2v) is 4.18. The van der Waals surface area contributed by atoms with Gasteiger partial charge < -0.3 is 41.3 Å². The van der Waals surface area contributed by atoms with Crippen molar-refractivity contribution in [2.24, 2.45) is 5.34 Å². The van der Waals surface area contributed by atoms with Gasteiger partial charge in [-0.1, -0.05) is 0 Å². The van der Waals surface area contributed by atoms with E-state index in [1.807, 2.05) is 0 Å². The molecule has 0 aliphatic heterocycles. The first-order chi connectivity index (χ1) is 12.0. The van der Waals surface area contributed by atoms with Crippen LogP contribution >= 0.6 is 0 Å². The maximum Gasteiger partial charge on any atom is 0.161 e. The normalized spacial score (nSPS) is 7.38. The third-order valence-corrected chi connectivity index (χ3v) is 2.68. The van der Waals surface area contributed by atoms with E-state index in [1.165, 1.54) is 56.0 Å². The Balaban J connectivity index is -0.000000104. The molecule has 0 aromatic heterocycles. The zero-order valence-electron chi connectivity index (χ0n) is 15.5. The first kappa shape index (κ1) is 37.3. The number of hydrogen-bond acceptors (Lipinski definition) is 8. The van der Waals surface area contributed by atoms with Gasteiger partial charge in [-0.3, -0.25) is 9.59 Å². The second kappa shape index (κ2) is 21.8. The van der Waals surface area contributed by atoms with Gasteiger partial charge in [0.05, 0.1) is 14.2 Å². The molecule has 12 nitrogen and oxygen atoms in total. The predicted octanol–water partition coefficient (Wildman–Crippen LogP) is -0.197. The zero-order valence-corrected chi connectivity index (χ0v) is 17.3. The van der Waals surface area contributed by atoms with Crippen molar-refractivity contribution >= 4 is 12.6 Å². The molecule has 0 amide bonds. The summed E-state index contributed by atoms with van der Waals surface area (Å²) in [5.41, 5.74) is 0.972. The average Bonchev–Trinajstić information content (AvgIpc) is 2.64. The Morgan fingerprint density at radius 1 is 0.793 bits per heavy atom. The molecule has 170 valence electrons. The second-order valence-electron chi connectivity index (χ2n) is 4.18. The van der Waals surface area contributed by atoms with Crippen molar-refractivity contribution in [1.29, 1.82) is 0 Å². The Labute approximate surface area is 195 Å². The summed E-state index contributed by atoms with van der Waals surface area (Å²) in [5, 5.41) is 26.1. The van der Waals surface area contributed by atoms with E-state index >= 15 is 0 Å². The van der Waals surface area contributed by atoms with Crippen LogP contribution in [0.3, 0.4) is 0 Å². The monoisotopic (exact) mass is 574 g/mol. The molecule has 0 heterocycles. The van der Waals surface area contributed by atoms with Gasteiger partial charge in [-0.15, -0.1) is 4.91 Å². The van der Waals surface area contributed by atoms with Crippen molar-refractivity contribution in [3.8, 4) is 23.0 Å². The molecule has 2 rings (SSSR count). The summed E-state index contributed by atoms with van der Waals surface area (Å²) in [6.45, 7) is 0. The minimum Gasteiger partial charge on any atom is -0.504 e. The Morgan fingerprint density at radius 2 is 1.07 bits per heavy atom. The number of methoxy groups -OCH3 is 2. The number of rotatable bonds is 4. The van der Waals surface area contributed by atoms with Gasteiger partial charge in [0.1, 0.15) is 12.6 Å². The topological polar surface area (TPSA) is 242 Å². The molecule has 0 fully saturated rings. The van der Waals surface area contributed by atoms with Crippen LogP contribution in [-0.2, 0) is 16.4 Å². The van der Waals surface area contributed by atoms with Crippen LogP contribution in [-0.4, -0.2) is 42.2 Å². The molecule has 0 saturated carbocycles. The van der Waals surface area contributed by atoms with Gasteiger partial charge in [0, 0.05) is 48.4 Å². The Kier molecular flexibility index (Phi) is 28.0. The van der Waals surface area contributed by atoms with Crippen LogP contribution < -0.4 is 9.47 Å². The standard InChI is InChI=1S/2C8H8O3.Er.HNO2.3H2O/c2*1-11-8-4-6(5-9)2-3-7(8)10;;2-1-3;;;/h2*2-5,10H,1H3;;(H,2,3);3*1H2/p+3. The molecule has 0 atom stereocenters. The molecular weight excluding hydrogens is 549 g/mol. The molecule has 2 aromatic carbocycles. The quantitative estimate of drug-likeness (QED) is 0.190. The van der Waals surface area contributed by atoms with Crippen molar-refractivity contribution in [2.45, 2.75) is 0 Å². The van der Waals surface area contributed by atoms with E-state index in [0.717, 1.165) is 0 Å². The third-order valence-electron chi connectivity index (χ3n) is 2.68. The van der Waals surface area contributed by atoms with Crippen molar-refractivity contribution in [2.75, 3.05) is 14.2 Å². The molecule has 29 heavy (non-hydrogen) atoms. The molecule has 12 N–H and O–H groups in total. The molecular formula is C16H26ErNO11+3. The van der Waals surface area contributed by atoms with Gasteiger partial charge in [-0.2, -0.15) is 0 Å².